The fourth-order valence-corrected chi connectivity index (χ4v) is 2.34. The van der Waals surface area contributed by atoms with Crippen LogP contribution >= 0.6 is 0 Å². The van der Waals surface area contributed by atoms with Crippen molar-refractivity contribution in [3.8, 4) is 17.2 Å². The summed E-state index contributed by atoms with van der Waals surface area (Å²) in [6.45, 7) is 0. The molecule has 116 valence electrons. The van der Waals surface area contributed by atoms with Crippen LogP contribution in [-0.4, -0.2) is 30.4 Å². The Hall–Kier alpha value is -2.69. The van der Waals surface area contributed by atoms with Gasteiger partial charge in [0.05, 0.1) is 20.1 Å². The molecule has 0 aliphatic rings. The average molecular weight is 302 g/mol. The van der Waals surface area contributed by atoms with Crippen molar-refractivity contribution >= 4 is 5.97 Å². The second-order valence-electron chi connectivity index (χ2n) is 4.83. The molecule has 2 aromatic rings. The summed E-state index contributed by atoms with van der Waals surface area (Å²) in [6, 6.07) is 11.7. The number of carbonyl (C=O) groups is 1. The Kier molecular flexibility index (Phi) is 4.88. The van der Waals surface area contributed by atoms with E-state index in [1.807, 2.05) is 0 Å². The molecular weight excluding hydrogens is 284 g/mol. The molecular formula is C17H18O5. The Bertz CT molecular complexity index is 666. The van der Waals surface area contributed by atoms with Crippen molar-refractivity contribution in [2.75, 3.05) is 14.2 Å². The molecule has 0 fully saturated rings. The summed E-state index contributed by atoms with van der Waals surface area (Å²) >= 11 is 0. The van der Waals surface area contributed by atoms with Gasteiger partial charge in [0.15, 0.2) is 0 Å². The minimum absolute atomic E-state index is 0.0845. The van der Waals surface area contributed by atoms with Crippen molar-refractivity contribution in [2.45, 2.75) is 12.3 Å². The van der Waals surface area contributed by atoms with Gasteiger partial charge in [0.25, 0.3) is 0 Å². The number of ether oxygens (including phenoxy) is 2. The smallest absolute Gasteiger partial charge is 0.311 e. The number of hydrogen-bond donors (Lipinski definition) is 2. The number of rotatable bonds is 6. The number of para-hydroxylation sites is 1. The average Bonchev–Trinajstić information content (AvgIpc) is 2.53. The summed E-state index contributed by atoms with van der Waals surface area (Å²) in [5, 5.41) is 19.4. The Morgan fingerprint density at radius 3 is 2.45 bits per heavy atom. The van der Waals surface area contributed by atoms with Gasteiger partial charge in [-0.05, 0) is 24.1 Å². The molecule has 0 heterocycles. The van der Waals surface area contributed by atoms with Gasteiger partial charge in [0.1, 0.15) is 17.2 Å². The van der Waals surface area contributed by atoms with Crippen molar-refractivity contribution in [1.82, 2.24) is 0 Å². The Labute approximate surface area is 128 Å². The van der Waals surface area contributed by atoms with E-state index in [1.165, 1.54) is 14.2 Å². The molecule has 0 aliphatic carbocycles. The SMILES string of the molecule is COc1ccc(C(Cc2ccccc2O)C(=O)O)c(OC)c1. The van der Waals surface area contributed by atoms with Gasteiger partial charge in [-0.3, -0.25) is 4.79 Å². The summed E-state index contributed by atoms with van der Waals surface area (Å²) in [5.41, 5.74) is 1.12. The Balaban J connectivity index is 2.40. The molecule has 0 saturated carbocycles. The molecule has 5 heteroatoms. The largest absolute Gasteiger partial charge is 0.508 e. The Morgan fingerprint density at radius 2 is 1.86 bits per heavy atom. The number of carboxylic acid groups (broad SMARTS) is 1. The van der Waals surface area contributed by atoms with E-state index in [9.17, 15) is 15.0 Å². The molecule has 0 bridgehead atoms. The number of methoxy groups -OCH3 is 2. The van der Waals surface area contributed by atoms with Gasteiger partial charge in [-0.1, -0.05) is 24.3 Å². The van der Waals surface area contributed by atoms with E-state index in [0.29, 0.717) is 22.6 Å². The van der Waals surface area contributed by atoms with Crippen molar-refractivity contribution in [2.24, 2.45) is 0 Å². The molecule has 0 saturated heterocycles. The van der Waals surface area contributed by atoms with Crippen LogP contribution in [0.4, 0.5) is 0 Å². The highest BCUT2D eigenvalue weighted by Gasteiger charge is 2.25. The highest BCUT2D eigenvalue weighted by atomic mass is 16.5. The van der Waals surface area contributed by atoms with E-state index in [4.69, 9.17) is 9.47 Å². The molecule has 0 radical (unpaired) electrons. The zero-order chi connectivity index (χ0) is 16.1. The summed E-state index contributed by atoms with van der Waals surface area (Å²) in [5.74, 6) is -0.684. The predicted octanol–water partition coefficient (Wildman–Crippen LogP) is 2.82. The third-order valence-electron chi connectivity index (χ3n) is 3.53. The van der Waals surface area contributed by atoms with Crippen molar-refractivity contribution in [3.05, 3.63) is 53.6 Å². The minimum Gasteiger partial charge on any atom is -0.508 e. The summed E-state index contributed by atoms with van der Waals surface area (Å²) < 4.78 is 10.4. The van der Waals surface area contributed by atoms with Gasteiger partial charge in [0, 0.05) is 11.6 Å². The van der Waals surface area contributed by atoms with Gasteiger partial charge in [-0.25, -0.2) is 0 Å². The van der Waals surface area contributed by atoms with Crippen LogP contribution in [0.3, 0.4) is 0 Å². The second-order valence-corrected chi connectivity index (χ2v) is 4.83. The highest BCUT2D eigenvalue weighted by molar-refractivity contribution is 5.78. The van der Waals surface area contributed by atoms with Gasteiger partial charge >= 0.3 is 5.97 Å². The second kappa shape index (κ2) is 6.85. The Morgan fingerprint density at radius 1 is 1.14 bits per heavy atom. The van der Waals surface area contributed by atoms with Gasteiger partial charge < -0.3 is 19.7 Å². The number of carboxylic acids is 1. The number of aromatic hydroxyl groups is 1. The molecule has 1 atom stereocenters. The van der Waals surface area contributed by atoms with Crippen LogP contribution in [0, 0.1) is 0 Å². The van der Waals surface area contributed by atoms with Crippen LogP contribution in [0.15, 0.2) is 42.5 Å². The molecule has 0 amide bonds. The van der Waals surface area contributed by atoms with Crippen molar-refractivity contribution in [1.29, 1.82) is 0 Å². The van der Waals surface area contributed by atoms with Crippen molar-refractivity contribution in [3.63, 3.8) is 0 Å². The fourth-order valence-electron chi connectivity index (χ4n) is 2.34. The number of phenols is 1. The number of phenolic OH excluding ortho intramolecular Hbond substituents is 1. The lowest BCUT2D eigenvalue weighted by Gasteiger charge is -2.17. The van der Waals surface area contributed by atoms with Crippen LogP contribution in [0.2, 0.25) is 0 Å². The van der Waals surface area contributed by atoms with E-state index >= 15 is 0 Å². The molecule has 0 aromatic heterocycles. The van der Waals surface area contributed by atoms with Gasteiger partial charge in [0.2, 0.25) is 0 Å². The third kappa shape index (κ3) is 3.31. The topological polar surface area (TPSA) is 76.0 Å². The predicted molar refractivity (Wildman–Crippen MR) is 81.7 cm³/mol. The quantitative estimate of drug-likeness (QED) is 0.858. The molecule has 2 rings (SSSR count). The van der Waals surface area contributed by atoms with Gasteiger partial charge in [-0.15, -0.1) is 0 Å². The first-order valence-corrected chi connectivity index (χ1v) is 6.78. The minimum atomic E-state index is -0.980. The first-order valence-electron chi connectivity index (χ1n) is 6.78. The molecule has 22 heavy (non-hydrogen) atoms. The first kappa shape index (κ1) is 15.7. The zero-order valence-corrected chi connectivity index (χ0v) is 12.4. The van der Waals surface area contributed by atoms with Crippen LogP contribution in [0.5, 0.6) is 17.2 Å². The zero-order valence-electron chi connectivity index (χ0n) is 12.4. The van der Waals surface area contributed by atoms with Crippen LogP contribution in [0.1, 0.15) is 17.0 Å². The van der Waals surface area contributed by atoms with E-state index in [-0.39, 0.29) is 12.2 Å². The molecule has 0 spiro atoms. The van der Waals surface area contributed by atoms with Crippen LogP contribution in [0.25, 0.3) is 0 Å². The molecule has 1 unspecified atom stereocenters. The summed E-state index contributed by atoms with van der Waals surface area (Å²) in [6.07, 6.45) is 0.171. The third-order valence-corrected chi connectivity index (χ3v) is 3.53. The number of benzene rings is 2. The van der Waals surface area contributed by atoms with E-state index in [2.05, 4.69) is 0 Å². The summed E-state index contributed by atoms with van der Waals surface area (Å²) in [7, 11) is 3.02. The van der Waals surface area contributed by atoms with E-state index in [0.717, 1.165) is 0 Å². The molecule has 2 N–H and O–H groups in total. The molecule has 2 aromatic carbocycles. The molecule has 0 aliphatic heterocycles. The summed E-state index contributed by atoms with van der Waals surface area (Å²) in [4.78, 5) is 11.7. The maximum Gasteiger partial charge on any atom is 0.311 e. The number of aliphatic carboxylic acids is 1. The van der Waals surface area contributed by atoms with Crippen molar-refractivity contribution < 1.29 is 24.5 Å². The highest BCUT2D eigenvalue weighted by Crippen LogP contribution is 2.34. The van der Waals surface area contributed by atoms with Gasteiger partial charge in [-0.2, -0.15) is 0 Å². The van der Waals surface area contributed by atoms with Crippen LogP contribution < -0.4 is 9.47 Å². The lowest BCUT2D eigenvalue weighted by atomic mass is 9.91. The lowest BCUT2D eigenvalue weighted by Crippen LogP contribution is -2.15. The maximum atomic E-state index is 11.7. The lowest BCUT2D eigenvalue weighted by molar-refractivity contribution is -0.138. The monoisotopic (exact) mass is 302 g/mol. The standard InChI is InChI=1S/C17H18O5/c1-21-12-7-8-13(16(10-12)22-2)14(17(19)20)9-11-5-3-4-6-15(11)18/h3-8,10,14,18H,9H2,1-2H3,(H,19,20). The molecule has 5 nitrogen and oxygen atoms in total. The first-order chi connectivity index (χ1) is 10.6. The van der Waals surface area contributed by atoms with E-state index in [1.54, 1.807) is 42.5 Å². The maximum absolute atomic E-state index is 11.7. The number of hydrogen-bond acceptors (Lipinski definition) is 4. The normalized spacial score (nSPS) is 11.7. The fraction of sp³-hybridized carbons (Fsp3) is 0.235. The van der Waals surface area contributed by atoms with E-state index < -0.39 is 11.9 Å². The van der Waals surface area contributed by atoms with Crippen LogP contribution in [-0.2, 0) is 11.2 Å².